The second kappa shape index (κ2) is 9.71. The number of hydrogen-bond acceptors (Lipinski definition) is 5. The van der Waals surface area contributed by atoms with Gasteiger partial charge in [-0.25, -0.2) is 4.98 Å². The molecule has 0 spiro atoms. The van der Waals surface area contributed by atoms with Gasteiger partial charge in [-0.15, -0.1) is 11.3 Å². The van der Waals surface area contributed by atoms with Crippen LogP contribution in [0.4, 0.5) is 5.13 Å². The minimum atomic E-state index is -0.330. The van der Waals surface area contributed by atoms with Gasteiger partial charge in [0.1, 0.15) is 11.5 Å². The van der Waals surface area contributed by atoms with Crippen molar-refractivity contribution in [1.29, 1.82) is 0 Å². The van der Waals surface area contributed by atoms with Crippen LogP contribution in [0.2, 0.25) is 0 Å². The van der Waals surface area contributed by atoms with Crippen LogP contribution >= 0.6 is 11.3 Å². The Kier molecular flexibility index (Phi) is 7.59. The highest BCUT2D eigenvalue weighted by Gasteiger charge is 2.29. The van der Waals surface area contributed by atoms with Crippen LogP contribution in [0.25, 0.3) is 11.3 Å². The number of thiazole rings is 1. The molecule has 0 saturated carbocycles. The number of hydrogen-bond donors (Lipinski definition) is 3. The summed E-state index contributed by atoms with van der Waals surface area (Å²) in [6, 6.07) is 7.55. The summed E-state index contributed by atoms with van der Waals surface area (Å²) in [6.07, 6.45) is 0. The maximum atomic E-state index is 13.4. The topological polar surface area (TPSA) is 82.5 Å². The smallest absolute Gasteiger partial charge is 0.257 e. The highest BCUT2D eigenvalue weighted by Crippen LogP contribution is 2.43. The number of benzene rings is 2. The maximum absolute atomic E-state index is 13.4. The van der Waals surface area contributed by atoms with Crippen molar-refractivity contribution in [2.75, 3.05) is 5.32 Å². The summed E-state index contributed by atoms with van der Waals surface area (Å²) >= 11 is 1.37. The van der Waals surface area contributed by atoms with E-state index in [-0.39, 0.29) is 33.3 Å². The lowest BCUT2D eigenvalue weighted by molar-refractivity contribution is 0.102. The monoisotopic (exact) mass is 536 g/mol. The van der Waals surface area contributed by atoms with Gasteiger partial charge >= 0.3 is 0 Å². The lowest BCUT2D eigenvalue weighted by atomic mass is 9.78. The third kappa shape index (κ3) is 6.23. The molecule has 6 heteroatoms. The fraction of sp³-hybridized carbons (Fsp3) is 0.500. The quantitative estimate of drug-likeness (QED) is 0.313. The summed E-state index contributed by atoms with van der Waals surface area (Å²) < 4.78 is 0. The van der Waals surface area contributed by atoms with Crippen molar-refractivity contribution in [3.63, 3.8) is 0 Å². The van der Waals surface area contributed by atoms with Crippen molar-refractivity contribution >= 4 is 22.4 Å². The molecule has 2 aromatic carbocycles. The third-order valence-electron chi connectivity index (χ3n) is 6.73. The van der Waals surface area contributed by atoms with Crippen molar-refractivity contribution in [2.45, 2.75) is 105 Å². The van der Waals surface area contributed by atoms with Gasteiger partial charge in [-0.05, 0) is 45.9 Å². The standard InChI is InChI=1S/C32H44N2O3S/c1-29(2,3)20-13-18(14-21(25(20)35)30(4,5)6)24-17-38-28(33-24)34-27(37)19-15-22(31(7,8)9)26(36)23(16-19)32(10,11)12/h13-17,35-36H,1-12H3,(H,33,34,37). The number of aromatic nitrogens is 1. The molecule has 0 aliphatic carbocycles. The van der Waals surface area contributed by atoms with E-state index < -0.39 is 0 Å². The molecular weight excluding hydrogens is 492 g/mol. The molecule has 1 aromatic heterocycles. The van der Waals surface area contributed by atoms with Crippen LogP contribution in [0, 0.1) is 0 Å². The second-order valence-corrected chi connectivity index (χ2v) is 15.2. The Bertz CT molecular complexity index is 1290. The maximum Gasteiger partial charge on any atom is 0.257 e. The van der Waals surface area contributed by atoms with Gasteiger partial charge in [-0.3, -0.25) is 10.1 Å². The first-order chi connectivity index (χ1) is 17.1. The van der Waals surface area contributed by atoms with Gasteiger partial charge in [-0.1, -0.05) is 83.1 Å². The van der Waals surface area contributed by atoms with E-state index in [4.69, 9.17) is 4.98 Å². The second-order valence-electron chi connectivity index (χ2n) is 14.3. The van der Waals surface area contributed by atoms with Gasteiger partial charge in [0, 0.05) is 38.8 Å². The zero-order chi connectivity index (χ0) is 29.0. The Labute approximate surface area is 232 Å². The lowest BCUT2D eigenvalue weighted by Crippen LogP contribution is -2.20. The molecule has 3 aromatic rings. The van der Waals surface area contributed by atoms with E-state index in [0.717, 1.165) is 33.5 Å². The van der Waals surface area contributed by atoms with E-state index in [2.05, 4.69) is 46.9 Å². The molecule has 3 N–H and O–H groups in total. The highest BCUT2D eigenvalue weighted by molar-refractivity contribution is 7.14. The molecule has 206 valence electrons. The van der Waals surface area contributed by atoms with Crippen LogP contribution < -0.4 is 5.32 Å². The molecule has 0 aliphatic heterocycles. The molecule has 1 amide bonds. The summed E-state index contributed by atoms with van der Waals surface area (Å²) in [4.78, 5) is 18.1. The van der Waals surface area contributed by atoms with Crippen LogP contribution in [0.15, 0.2) is 29.6 Å². The lowest BCUT2D eigenvalue weighted by Gasteiger charge is -2.28. The number of phenolic OH excluding ortho intramolecular Hbond substituents is 2. The van der Waals surface area contributed by atoms with Crippen molar-refractivity contribution in [2.24, 2.45) is 0 Å². The van der Waals surface area contributed by atoms with Gasteiger partial charge in [0.25, 0.3) is 5.91 Å². The van der Waals surface area contributed by atoms with Gasteiger partial charge in [0.15, 0.2) is 5.13 Å². The number of rotatable bonds is 3. The Morgan fingerprint density at radius 2 is 1.05 bits per heavy atom. The van der Waals surface area contributed by atoms with Crippen LogP contribution in [0.3, 0.4) is 0 Å². The SMILES string of the molecule is CC(C)(C)c1cc(C(=O)Nc2nc(-c3cc(C(C)(C)C)c(O)c(C(C)(C)C)c3)cs2)cc(C(C)(C)C)c1O. The molecule has 0 aliphatic rings. The van der Waals surface area contributed by atoms with Crippen LogP contribution in [-0.4, -0.2) is 21.1 Å². The fourth-order valence-electron chi connectivity index (χ4n) is 4.47. The number of nitrogens with one attached hydrogen (secondary N) is 1. The van der Waals surface area contributed by atoms with Crippen molar-refractivity contribution in [1.82, 2.24) is 4.98 Å². The number of carbonyl (C=O) groups is 1. The molecule has 3 rings (SSSR count). The predicted octanol–water partition coefficient (Wildman–Crippen LogP) is 8.66. The number of amides is 1. The first-order valence-electron chi connectivity index (χ1n) is 13.1. The average Bonchev–Trinajstić information content (AvgIpc) is 3.19. The Balaban J connectivity index is 2.03. The average molecular weight is 537 g/mol. The van der Waals surface area contributed by atoms with E-state index in [0.29, 0.717) is 16.4 Å². The van der Waals surface area contributed by atoms with Gasteiger partial charge in [0.05, 0.1) is 5.69 Å². The molecule has 0 saturated heterocycles. The number of nitrogens with zero attached hydrogens (tertiary/aromatic N) is 1. The van der Waals surface area contributed by atoms with Gasteiger partial charge < -0.3 is 10.2 Å². The van der Waals surface area contributed by atoms with Crippen LogP contribution in [0.5, 0.6) is 11.5 Å². The van der Waals surface area contributed by atoms with Gasteiger partial charge in [-0.2, -0.15) is 0 Å². The Morgan fingerprint density at radius 3 is 1.42 bits per heavy atom. The molecule has 38 heavy (non-hydrogen) atoms. The van der Waals surface area contributed by atoms with Crippen molar-refractivity contribution in [3.8, 4) is 22.8 Å². The molecule has 0 fully saturated rings. The Hall–Kier alpha value is -2.86. The van der Waals surface area contributed by atoms with Gasteiger partial charge in [0.2, 0.25) is 0 Å². The Morgan fingerprint density at radius 1 is 0.684 bits per heavy atom. The zero-order valence-corrected chi connectivity index (χ0v) is 25.9. The van der Waals surface area contributed by atoms with Crippen LogP contribution in [-0.2, 0) is 21.7 Å². The van der Waals surface area contributed by atoms with Crippen molar-refractivity contribution < 1.29 is 15.0 Å². The third-order valence-corrected chi connectivity index (χ3v) is 7.49. The van der Waals surface area contributed by atoms with E-state index in [1.807, 2.05) is 59.1 Å². The van der Waals surface area contributed by atoms with E-state index in [1.54, 1.807) is 12.1 Å². The highest BCUT2D eigenvalue weighted by atomic mass is 32.1. The molecule has 0 unspecified atom stereocenters. The van der Waals surface area contributed by atoms with Crippen LogP contribution in [0.1, 0.15) is 116 Å². The van der Waals surface area contributed by atoms with E-state index in [1.165, 1.54) is 11.3 Å². The molecule has 0 radical (unpaired) electrons. The minimum Gasteiger partial charge on any atom is -0.507 e. The first-order valence-corrected chi connectivity index (χ1v) is 14.0. The summed E-state index contributed by atoms with van der Waals surface area (Å²) in [5.74, 6) is 0.308. The number of carbonyl (C=O) groups excluding carboxylic acids is 1. The predicted molar refractivity (Wildman–Crippen MR) is 160 cm³/mol. The molecule has 0 bridgehead atoms. The molecule has 1 heterocycles. The summed E-state index contributed by atoms with van der Waals surface area (Å²) in [6.45, 7) is 24.7. The minimum absolute atomic E-state index is 0.245. The number of phenols is 2. The summed E-state index contributed by atoms with van der Waals surface area (Å²) in [7, 11) is 0. The molecule has 0 atom stereocenters. The van der Waals surface area contributed by atoms with E-state index >= 15 is 0 Å². The molecular formula is C32H44N2O3S. The van der Waals surface area contributed by atoms with E-state index in [9.17, 15) is 15.0 Å². The normalized spacial score (nSPS) is 13.1. The summed E-state index contributed by atoms with van der Waals surface area (Å²) in [5, 5.41) is 27.5. The number of anilines is 1. The molecule has 5 nitrogen and oxygen atoms in total. The first kappa shape index (κ1) is 29.7. The fourth-order valence-corrected chi connectivity index (χ4v) is 5.18. The number of aromatic hydroxyl groups is 2. The van der Waals surface area contributed by atoms with Crippen molar-refractivity contribution in [3.05, 3.63) is 57.5 Å². The zero-order valence-electron chi connectivity index (χ0n) is 25.0. The summed E-state index contributed by atoms with van der Waals surface area (Å²) in [5.41, 5.74) is 4.20. The largest absolute Gasteiger partial charge is 0.507 e.